The molecule has 1 heterocycles. The number of hydrogen-bond donors (Lipinski definition) is 1. The first-order chi connectivity index (χ1) is 12.0. The van der Waals surface area contributed by atoms with Gasteiger partial charge in [0, 0.05) is 23.3 Å². The Bertz CT molecular complexity index is 869. The monoisotopic (exact) mass is 342 g/mol. The van der Waals surface area contributed by atoms with Crippen LogP contribution in [0.1, 0.15) is 30.0 Å². The van der Waals surface area contributed by atoms with Crippen molar-refractivity contribution >= 4 is 22.7 Å². The minimum Gasteiger partial charge on any atom is -0.451 e. The zero-order valence-electron chi connectivity index (χ0n) is 14.0. The number of carbonyl (C=O) groups excluding carboxylic acids is 2. The fourth-order valence-electron chi connectivity index (χ4n) is 2.25. The number of fused-ring (bicyclic) bond motifs is 1. The number of furan rings is 1. The Balaban J connectivity index is 2.23. The van der Waals surface area contributed by atoms with Crippen molar-refractivity contribution in [3.8, 4) is 6.07 Å². The lowest BCUT2D eigenvalue weighted by molar-refractivity contribution is -0.118. The number of rotatable bonds is 7. The zero-order chi connectivity index (χ0) is 18.4. The summed E-state index contributed by atoms with van der Waals surface area (Å²) < 4.78 is 15.9. The molecular weight excluding hydrogens is 324 g/mol. The van der Waals surface area contributed by atoms with Crippen molar-refractivity contribution < 1.29 is 23.5 Å². The molecule has 0 fully saturated rings. The van der Waals surface area contributed by atoms with E-state index in [0.717, 1.165) is 5.39 Å². The topological polar surface area (TPSA) is 116 Å². The van der Waals surface area contributed by atoms with Crippen LogP contribution in [0, 0.1) is 11.3 Å². The highest BCUT2D eigenvalue weighted by atomic mass is 16.5. The number of nitriles is 1. The van der Waals surface area contributed by atoms with Gasteiger partial charge in [0.15, 0.2) is 6.61 Å². The van der Waals surface area contributed by atoms with Crippen LogP contribution in [0.2, 0.25) is 0 Å². The lowest BCUT2D eigenvalue weighted by Gasteiger charge is -2.05. The van der Waals surface area contributed by atoms with Gasteiger partial charge < -0.3 is 19.6 Å². The molecule has 0 bridgehead atoms. The second kappa shape index (κ2) is 8.13. The Kier molecular flexibility index (Phi) is 5.93. The van der Waals surface area contributed by atoms with Gasteiger partial charge in [-0.2, -0.15) is 5.26 Å². The molecule has 0 aliphatic carbocycles. The third kappa shape index (κ3) is 4.05. The van der Waals surface area contributed by atoms with Crippen LogP contribution in [-0.4, -0.2) is 25.0 Å². The molecule has 0 aliphatic heterocycles. The van der Waals surface area contributed by atoms with Crippen molar-refractivity contribution in [2.45, 2.75) is 20.5 Å². The fourth-order valence-corrected chi connectivity index (χ4v) is 2.25. The number of nitrogens with two attached hydrogens (primary N) is 1. The molecule has 0 saturated heterocycles. The molecule has 2 aromatic rings. The number of Topliss-reactive ketones (excluding diaryl/α,β-unsaturated/α-hetero) is 1. The van der Waals surface area contributed by atoms with Crippen molar-refractivity contribution in [3.05, 3.63) is 46.9 Å². The summed E-state index contributed by atoms with van der Waals surface area (Å²) in [6.07, 6.45) is 0. The molecule has 1 aromatic heterocycles. The lowest BCUT2D eigenvalue weighted by Crippen LogP contribution is -2.18. The van der Waals surface area contributed by atoms with E-state index in [0.29, 0.717) is 17.8 Å². The first-order valence-electron chi connectivity index (χ1n) is 7.64. The van der Waals surface area contributed by atoms with Crippen LogP contribution in [0.3, 0.4) is 0 Å². The summed E-state index contributed by atoms with van der Waals surface area (Å²) in [6, 6.07) is 8.83. The molecule has 7 nitrogen and oxygen atoms in total. The summed E-state index contributed by atoms with van der Waals surface area (Å²) in [5.41, 5.74) is 6.38. The average molecular weight is 342 g/mol. The van der Waals surface area contributed by atoms with Crippen LogP contribution in [0.4, 0.5) is 0 Å². The summed E-state index contributed by atoms with van der Waals surface area (Å²) in [7, 11) is 0. The number of hydrogen-bond acceptors (Lipinski definition) is 7. The van der Waals surface area contributed by atoms with E-state index in [2.05, 4.69) is 0 Å². The van der Waals surface area contributed by atoms with Gasteiger partial charge >= 0.3 is 5.97 Å². The van der Waals surface area contributed by atoms with E-state index in [1.54, 1.807) is 18.2 Å². The number of ether oxygens (including phenoxy) is 2. The van der Waals surface area contributed by atoms with Gasteiger partial charge in [-0.1, -0.05) is 18.2 Å². The largest absolute Gasteiger partial charge is 0.451 e. The van der Waals surface area contributed by atoms with Crippen molar-refractivity contribution in [1.82, 2.24) is 0 Å². The Labute approximate surface area is 144 Å². The van der Waals surface area contributed by atoms with Gasteiger partial charge in [0.2, 0.25) is 11.5 Å². The molecule has 130 valence electrons. The van der Waals surface area contributed by atoms with Crippen LogP contribution in [0.25, 0.3) is 11.0 Å². The summed E-state index contributed by atoms with van der Waals surface area (Å²) in [6.45, 7) is 3.32. The Hall–Kier alpha value is -3.11. The SMILES string of the molecule is CCOCc1c(C(=O)OCC(=O)/C(C#N)=C(/C)N)oc2ccccc12. The first-order valence-corrected chi connectivity index (χ1v) is 7.64. The van der Waals surface area contributed by atoms with Gasteiger partial charge in [-0.05, 0) is 19.9 Å². The first kappa shape index (κ1) is 18.2. The van der Waals surface area contributed by atoms with E-state index >= 15 is 0 Å². The molecule has 7 heteroatoms. The van der Waals surface area contributed by atoms with Gasteiger partial charge in [0.1, 0.15) is 17.2 Å². The predicted molar refractivity (Wildman–Crippen MR) is 89.3 cm³/mol. The van der Waals surface area contributed by atoms with Gasteiger partial charge in [-0.15, -0.1) is 0 Å². The summed E-state index contributed by atoms with van der Waals surface area (Å²) in [4.78, 5) is 24.2. The van der Waals surface area contributed by atoms with E-state index in [9.17, 15) is 9.59 Å². The van der Waals surface area contributed by atoms with Gasteiger partial charge in [0.05, 0.1) is 6.61 Å². The van der Waals surface area contributed by atoms with Crippen LogP contribution in [-0.2, 0) is 20.9 Å². The minimum absolute atomic E-state index is 0.0191. The van der Waals surface area contributed by atoms with Crippen molar-refractivity contribution in [2.75, 3.05) is 13.2 Å². The third-order valence-corrected chi connectivity index (χ3v) is 3.45. The number of para-hydroxylation sites is 1. The van der Waals surface area contributed by atoms with Gasteiger partial charge in [-0.3, -0.25) is 4.79 Å². The van der Waals surface area contributed by atoms with E-state index in [4.69, 9.17) is 24.9 Å². The van der Waals surface area contributed by atoms with Crippen LogP contribution >= 0.6 is 0 Å². The summed E-state index contributed by atoms with van der Waals surface area (Å²) >= 11 is 0. The van der Waals surface area contributed by atoms with Crippen molar-refractivity contribution in [3.63, 3.8) is 0 Å². The molecule has 0 spiro atoms. The minimum atomic E-state index is -0.800. The Morgan fingerprint density at radius 1 is 1.32 bits per heavy atom. The van der Waals surface area contributed by atoms with Crippen LogP contribution in [0.5, 0.6) is 0 Å². The predicted octanol–water partition coefficient (Wildman–Crippen LogP) is 2.45. The van der Waals surface area contributed by atoms with E-state index in [1.807, 2.05) is 19.1 Å². The summed E-state index contributed by atoms with van der Waals surface area (Å²) in [5, 5.41) is 9.64. The number of carbonyl (C=O) groups is 2. The van der Waals surface area contributed by atoms with Crippen LogP contribution in [0.15, 0.2) is 40.0 Å². The highest BCUT2D eigenvalue weighted by Crippen LogP contribution is 2.27. The second-order valence-corrected chi connectivity index (χ2v) is 5.21. The molecule has 2 rings (SSSR count). The highest BCUT2D eigenvalue weighted by molar-refractivity contribution is 6.02. The number of allylic oxidation sites excluding steroid dienone is 1. The number of nitrogens with zero attached hydrogens (tertiary/aromatic N) is 1. The van der Waals surface area contributed by atoms with Crippen molar-refractivity contribution in [2.24, 2.45) is 5.73 Å². The molecule has 2 N–H and O–H groups in total. The molecule has 1 aromatic carbocycles. The molecular formula is C18H18N2O5. The highest BCUT2D eigenvalue weighted by Gasteiger charge is 2.23. The Morgan fingerprint density at radius 3 is 2.68 bits per heavy atom. The average Bonchev–Trinajstić information content (AvgIpc) is 2.96. The Morgan fingerprint density at radius 2 is 2.04 bits per heavy atom. The lowest BCUT2D eigenvalue weighted by atomic mass is 10.1. The molecule has 0 radical (unpaired) electrons. The molecule has 25 heavy (non-hydrogen) atoms. The molecule has 0 saturated carbocycles. The molecule has 0 unspecified atom stereocenters. The van der Waals surface area contributed by atoms with Gasteiger partial charge in [-0.25, -0.2) is 4.79 Å². The molecule has 0 amide bonds. The fraction of sp³-hybridized carbons (Fsp3) is 0.278. The molecule has 0 aliphatic rings. The quantitative estimate of drug-likeness (QED) is 0.467. The number of ketones is 1. The second-order valence-electron chi connectivity index (χ2n) is 5.21. The van der Waals surface area contributed by atoms with E-state index in [-0.39, 0.29) is 23.6 Å². The standard InChI is InChI=1S/C18H18N2O5/c1-3-23-9-14-12-6-4-5-7-16(12)25-17(14)18(22)24-10-15(21)13(8-19)11(2)20/h4-7H,3,9-10,20H2,1-2H3/b13-11-. The number of esters is 1. The smallest absolute Gasteiger partial charge is 0.375 e. The zero-order valence-corrected chi connectivity index (χ0v) is 14.0. The maximum Gasteiger partial charge on any atom is 0.375 e. The summed E-state index contributed by atoms with van der Waals surface area (Å²) in [5.74, 6) is -1.49. The van der Waals surface area contributed by atoms with Crippen LogP contribution < -0.4 is 5.73 Å². The third-order valence-electron chi connectivity index (χ3n) is 3.45. The molecule has 0 atom stereocenters. The maximum atomic E-state index is 12.3. The maximum absolute atomic E-state index is 12.3. The van der Waals surface area contributed by atoms with E-state index < -0.39 is 18.4 Å². The number of benzene rings is 1. The van der Waals surface area contributed by atoms with Crippen molar-refractivity contribution in [1.29, 1.82) is 5.26 Å². The normalized spacial score (nSPS) is 11.7. The van der Waals surface area contributed by atoms with E-state index in [1.165, 1.54) is 6.92 Å². The van der Waals surface area contributed by atoms with Gasteiger partial charge in [0.25, 0.3) is 0 Å².